The van der Waals surface area contributed by atoms with Crippen molar-refractivity contribution in [3.05, 3.63) is 35.4 Å². The molecule has 1 unspecified atom stereocenters. The van der Waals surface area contributed by atoms with E-state index in [-0.39, 0.29) is 23.3 Å². The van der Waals surface area contributed by atoms with Crippen LogP contribution in [-0.2, 0) is 10.2 Å². The number of benzene rings is 1. The first kappa shape index (κ1) is 16.7. The van der Waals surface area contributed by atoms with Crippen molar-refractivity contribution in [2.75, 3.05) is 0 Å². The van der Waals surface area contributed by atoms with Crippen molar-refractivity contribution in [3.8, 4) is 0 Å². The van der Waals surface area contributed by atoms with Crippen molar-refractivity contribution in [2.24, 2.45) is 11.7 Å². The molecule has 0 fully saturated rings. The number of nitrogens with one attached hydrogen (secondary N) is 1. The first-order valence-corrected chi connectivity index (χ1v) is 7.29. The minimum absolute atomic E-state index is 0.0266. The first-order chi connectivity index (χ1) is 9.12. The second-order valence-corrected chi connectivity index (χ2v) is 6.87. The SMILES string of the molecule is CC(NC(=O)[C@H](N)C(C)C)c1ccc(C(C)(C)C)cc1. The molecule has 0 saturated carbocycles. The van der Waals surface area contributed by atoms with Crippen LogP contribution < -0.4 is 11.1 Å². The van der Waals surface area contributed by atoms with E-state index >= 15 is 0 Å². The molecule has 0 heterocycles. The van der Waals surface area contributed by atoms with Crippen LogP contribution in [0.4, 0.5) is 0 Å². The molecule has 1 amide bonds. The van der Waals surface area contributed by atoms with Gasteiger partial charge >= 0.3 is 0 Å². The van der Waals surface area contributed by atoms with Crippen LogP contribution in [0, 0.1) is 5.92 Å². The van der Waals surface area contributed by atoms with E-state index in [4.69, 9.17) is 5.73 Å². The zero-order valence-corrected chi connectivity index (χ0v) is 13.5. The molecule has 3 nitrogen and oxygen atoms in total. The summed E-state index contributed by atoms with van der Waals surface area (Å²) in [5.41, 5.74) is 8.39. The molecule has 1 aromatic carbocycles. The third kappa shape index (κ3) is 4.34. The molecule has 0 aromatic heterocycles. The summed E-state index contributed by atoms with van der Waals surface area (Å²) in [4.78, 5) is 12.0. The Morgan fingerprint density at radius 1 is 1.10 bits per heavy atom. The van der Waals surface area contributed by atoms with Crippen LogP contribution in [0.5, 0.6) is 0 Å². The number of amides is 1. The van der Waals surface area contributed by atoms with Crippen LogP contribution in [0.3, 0.4) is 0 Å². The number of carbonyl (C=O) groups is 1. The Morgan fingerprint density at radius 3 is 2.00 bits per heavy atom. The summed E-state index contributed by atoms with van der Waals surface area (Å²) in [6.07, 6.45) is 0. The summed E-state index contributed by atoms with van der Waals surface area (Å²) in [6.45, 7) is 12.5. The highest BCUT2D eigenvalue weighted by Crippen LogP contribution is 2.23. The lowest BCUT2D eigenvalue weighted by atomic mass is 9.86. The normalized spacial score (nSPS) is 15.0. The maximum absolute atomic E-state index is 12.0. The van der Waals surface area contributed by atoms with Gasteiger partial charge < -0.3 is 11.1 Å². The fourth-order valence-corrected chi connectivity index (χ4v) is 1.97. The van der Waals surface area contributed by atoms with Crippen molar-refractivity contribution in [2.45, 2.75) is 59.0 Å². The van der Waals surface area contributed by atoms with Gasteiger partial charge in [-0.2, -0.15) is 0 Å². The van der Waals surface area contributed by atoms with Crippen molar-refractivity contribution in [1.29, 1.82) is 0 Å². The highest BCUT2D eigenvalue weighted by atomic mass is 16.2. The second kappa shape index (κ2) is 6.40. The Morgan fingerprint density at radius 2 is 1.60 bits per heavy atom. The summed E-state index contributed by atoms with van der Waals surface area (Å²) >= 11 is 0. The standard InChI is InChI=1S/C17H28N2O/c1-11(2)15(18)16(20)19-12(3)13-7-9-14(10-8-13)17(4,5)6/h7-12,15H,18H2,1-6H3,(H,19,20)/t12?,15-/m1/s1. The number of nitrogens with two attached hydrogens (primary N) is 1. The molecule has 2 atom stereocenters. The predicted octanol–water partition coefficient (Wildman–Crippen LogP) is 3.14. The van der Waals surface area contributed by atoms with Gasteiger partial charge in [0.15, 0.2) is 0 Å². The summed E-state index contributed by atoms with van der Waals surface area (Å²) in [6, 6.07) is 7.92. The molecule has 0 aliphatic heterocycles. The largest absolute Gasteiger partial charge is 0.348 e. The Kier molecular flexibility index (Phi) is 5.35. The third-order valence-electron chi connectivity index (χ3n) is 3.66. The van der Waals surface area contributed by atoms with Gasteiger partial charge in [0.1, 0.15) is 0 Å². The lowest BCUT2D eigenvalue weighted by Crippen LogP contribution is -2.44. The molecule has 3 heteroatoms. The van der Waals surface area contributed by atoms with E-state index in [1.807, 2.05) is 20.8 Å². The smallest absolute Gasteiger partial charge is 0.237 e. The molecule has 0 spiro atoms. The van der Waals surface area contributed by atoms with Crippen molar-refractivity contribution in [1.82, 2.24) is 5.32 Å². The lowest BCUT2D eigenvalue weighted by molar-refractivity contribution is -0.123. The average Bonchev–Trinajstić information content (AvgIpc) is 2.36. The van der Waals surface area contributed by atoms with E-state index in [9.17, 15) is 4.79 Å². The van der Waals surface area contributed by atoms with Crippen LogP contribution in [0.15, 0.2) is 24.3 Å². The van der Waals surface area contributed by atoms with Crippen LogP contribution in [0.1, 0.15) is 58.7 Å². The number of carbonyl (C=O) groups excluding carboxylic acids is 1. The first-order valence-electron chi connectivity index (χ1n) is 7.29. The zero-order valence-electron chi connectivity index (χ0n) is 13.5. The number of hydrogen-bond donors (Lipinski definition) is 2. The summed E-state index contributed by atoms with van der Waals surface area (Å²) < 4.78 is 0. The Balaban J connectivity index is 2.74. The molecule has 112 valence electrons. The van der Waals surface area contributed by atoms with Crippen LogP contribution in [0.25, 0.3) is 0 Å². The van der Waals surface area contributed by atoms with Gasteiger partial charge in [-0.15, -0.1) is 0 Å². The molecule has 1 rings (SSSR count). The van der Waals surface area contributed by atoms with Crippen molar-refractivity contribution < 1.29 is 4.79 Å². The van der Waals surface area contributed by atoms with Gasteiger partial charge in [0.25, 0.3) is 0 Å². The second-order valence-electron chi connectivity index (χ2n) is 6.87. The summed E-state index contributed by atoms with van der Waals surface area (Å²) in [5.74, 6) is 0.0536. The van der Waals surface area contributed by atoms with Crippen LogP contribution in [0.2, 0.25) is 0 Å². The monoisotopic (exact) mass is 276 g/mol. The van der Waals surface area contributed by atoms with Gasteiger partial charge in [0, 0.05) is 0 Å². The Hall–Kier alpha value is -1.35. The van der Waals surface area contributed by atoms with Gasteiger partial charge in [0.2, 0.25) is 5.91 Å². The molecule has 0 aliphatic rings. The summed E-state index contributed by atoms with van der Waals surface area (Å²) in [5, 5.41) is 2.97. The van der Waals surface area contributed by atoms with Gasteiger partial charge in [-0.25, -0.2) is 0 Å². The molecule has 0 aliphatic carbocycles. The van der Waals surface area contributed by atoms with Gasteiger partial charge in [0.05, 0.1) is 12.1 Å². The highest BCUT2D eigenvalue weighted by Gasteiger charge is 2.20. The molecule has 0 saturated heterocycles. The van der Waals surface area contributed by atoms with Gasteiger partial charge in [-0.05, 0) is 29.4 Å². The quantitative estimate of drug-likeness (QED) is 0.887. The fourth-order valence-electron chi connectivity index (χ4n) is 1.97. The molecule has 20 heavy (non-hydrogen) atoms. The van der Waals surface area contributed by atoms with Crippen LogP contribution in [-0.4, -0.2) is 11.9 Å². The number of hydrogen-bond acceptors (Lipinski definition) is 2. The van der Waals surface area contributed by atoms with Crippen LogP contribution >= 0.6 is 0 Å². The van der Waals surface area contributed by atoms with Crippen molar-refractivity contribution in [3.63, 3.8) is 0 Å². The highest BCUT2D eigenvalue weighted by molar-refractivity contribution is 5.82. The van der Waals surface area contributed by atoms with Gasteiger partial charge in [-0.1, -0.05) is 58.9 Å². The molecule has 0 radical (unpaired) electrons. The molecule has 1 aromatic rings. The molecule has 0 bridgehead atoms. The van der Waals surface area contributed by atoms with Crippen molar-refractivity contribution >= 4 is 5.91 Å². The average molecular weight is 276 g/mol. The molecular weight excluding hydrogens is 248 g/mol. The minimum Gasteiger partial charge on any atom is -0.348 e. The Bertz CT molecular complexity index is 443. The minimum atomic E-state index is -0.453. The summed E-state index contributed by atoms with van der Waals surface area (Å²) in [7, 11) is 0. The zero-order chi connectivity index (χ0) is 15.5. The lowest BCUT2D eigenvalue weighted by Gasteiger charge is -2.22. The maximum Gasteiger partial charge on any atom is 0.237 e. The molecular formula is C17H28N2O. The van der Waals surface area contributed by atoms with Gasteiger partial charge in [-0.3, -0.25) is 4.79 Å². The third-order valence-corrected chi connectivity index (χ3v) is 3.66. The topological polar surface area (TPSA) is 55.1 Å². The Labute approximate surface area is 122 Å². The van der Waals surface area contributed by atoms with E-state index in [0.29, 0.717) is 0 Å². The number of rotatable bonds is 4. The maximum atomic E-state index is 12.0. The predicted molar refractivity (Wildman–Crippen MR) is 84.5 cm³/mol. The van der Waals surface area contributed by atoms with E-state index in [0.717, 1.165) is 5.56 Å². The molecule has 3 N–H and O–H groups in total. The van der Waals surface area contributed by atoms with E-state index in [1.54, 1.807) is 0 Å². The van der Waals surface area contributed by atoms with E-state index in [2.05, 4.69) is 50.4 Å². The fraction of sp³-hybridized carbons (Fsp3) is 0.588. The van der Waals surface area contributed by atoms with E-state index < -0.39 is 6.04 Å². The van der Waals surface area contributed by atoms with E-state index in [1.165, 1.54) is 5.56 Å².